The summed E-state index contributed by atoms with van der Waals surface area (Å²) in [6.45, 7) is 9.97. The monoisotopic (exact) mass is 680 g/mol. The molecule has 4 amide bonds. The minimum atomic E-state index is -1.43. The van der Waals surface area contributed by atoms with Crippen LogP contribution in [0.1, 0.15) is 112 Å². The van der Waals surface area contributed by atoms with Gasteiger partial charge in [0.1, 0.15) is 24.2 Å². The molecule has 48 heavy (non-hydrogen) atoms. The van der Waals surface area contributed by atoms with Gasteiger partial charge in [0.2, 0.25) is 11.8 Å². The maximum Gasteiger partial charge on any atom is 0.408 e. The maximum atomic E-state index is 14.4. The number of alkyl carbamates (subject to hydrolysis) is 1. The van der Waals surface area contributed by atoms with Crippen molar-refractivity contribution in [2.75, 3.05) is 20.2 Å². The molecule has 14 nitrogen and oxygen atoms in total. The van der Waals surface area contributed by atoms with Crippen LogP contribution in [0, 0.1) is 5.92 Å². The van der Waals surface area contributed by atoms with E-state index in [4.69, 9.17) is 14.2 Å². The van der Waals surface area contributed by atoms with Crippen LogP contribution >= 0.6 is 0 Å². The number of nitrogens with zero attached hydrogens (tertiary/aromatic N) is 1. The number of nitrogens with one attached hydrogen (secondary N) is 3. The molecule has 0 bridgehead atoms. The quantitative estimate of drug-likeness (QED) is 0.279. The fourth-order valence-corrected chi connectivity index (χ4v) is 6.91. The van der Waals surface area contributed by atoms with Crippen molar-refractivity contribution in [1.29, 1.82) is 0 Å². The summed E-state index contributed by atoms with van der Waals surface area (Å²) in [5.41, 5.74) is -1.30. The molecule has 6 atom stereocenters. The summed E-state index contributed by atoms with van der Waals surface area (Å²) in [5.74, 6) is -3.45. The predicted octanol–water partition coefficient (Wildman–Crippen LogP) is 2.89. The lowest BCUT2D eigenvalue weighted by atomic mass is 9.89. The minimum absolute atomic E-state index is 0.148. The highest BCUT2D eigenvalue weighted by atomic mass is 16.6. The van der Waals surface area contributed by atoms with Crippen LogP contribution in [-0.2, 0) is 42.9 Å². The third-order valence-electron chi connectivity index (χ3n) is 8.97. The molecule has 0 aromatic carbocycles. The lowest BCUT2D eigenvalue weighted by molar-refractivity contribution is -0.157. The molecule has 3 rings (SSSR count). The number of rotatable bonds is 6. The number of hydrogen-bond acceptors (Lipinski definition) is 10. The summed E-state index contributed by atoms with van der Waals surface area (Å²) in [6.07, 6.45) is 5.63. The van der Waals surface area contributed by atoms with Gasteiger partial charge in [0.25, 0.3) is 5.91 Å². The van der Waals surface area contributed by atoms with Gasteiger partial charge in [-0.15, -0.1) is 0 Å². The van der Waals surface area contributed by atoms with Crippen LogP contribution < -0.4 is 16.0 Å². The molecule has 0 aromatic rings. The summed E-state index contributed by atoms with van der Waals surface area (Å²) < 4.78 is 21.8. The summed E-state index contributed by atoms with van der Waals surface area (Å²) >= 11 is 0. The number of methoxy groups -OCH3 is 1. The van der Waals surface area contributed by atoms with Gasteiger partial charge in [-0.25, -0.2) is 4.79 Å². The molecule has 0 aromatic heterocycles. The average Bonchev–Trinajstić information content (AvgIpc) is 3.47. The number of carbonyl (C=O) groups is 6. The normalized spacial score (nSPS) is 27.7. The highest BCUT2D eigenvalue weighted by Crippen LogP contribution is 2.43. The molecule has 0 aliphatic carbocycles. The van der Waals surface area contributed by atoms with Crippen LogP contribution in [0.15, 0.2) is 0 Å². The molecule has 14 heteroatoms. The third-order valence-corrected chi connectivity index (χ3v) is 8.97. The van der Waals surface area contributed by atoms with E-state index in [1.807, 2.05) is 13.8 Å². The maximum absolute atomic E-state index is 14.4. The lowest BCUT2D eigenvalue weighted by Gasteiger charge is -2.34. The first kappa shape index (κ1) is 39.0. The van der Waals surface area contributed by atoms with Crippen LogP contribution in [-0.4, -0.2) is 102 Å². The highest BCUT2D eigenvalue weighted by molar-refractivity contribution is 5.93. The zero-order valence-electron chi connectivity index (χ0n) is 29.7. The molecule has 1 unspecified atom stereocenters. The van der Waals surface area contributed by atoms with Crippen molar-refractivity contribution >= 4 is 35.8 Å². The number of ether oxygens (including phenoxy) is 4. The van der Waals surface area contributed by atoms with Gasteiger partial charge in [-0.1, -0.05) is 51.4 Å². The van der Waals surface area contributed by atoms with E-state index in [9.17, 15) is 28.8 Å². The molecule has 272 valence electrons. The van der Waals surface area contributed by atoms with Crippen molar-refractivity contribution in [3.8, 4) is 0 Å². The van der Waals surface area contributed by atoms with Crippen molar-refractivity contribution in [3.63, 3.8) is 0 Å². The Hall–Kier alpha value is -3.42. The fraction of sp³-hybridized carbons (Fsp3) is 0.824. The molecule has 3 fully saturated rings. The molecule has 3 aliphatic rings. The van der Waals surface area contributed by atoms with E-state index in [1.54, 1.807) is 20.8 Å². The molecular formula is C34H56N4O10. The summed E-state index contributed by atoms with van der Waals surface area (Å²) in [6, 6.07) is -2.84. The van der Waals surface area contributed by atoms with E-state index >= 15 is 0 Å². The number of carbonyl (C=O) groups excluding carboxylic acids is 6. The molecule has 3 saturated heterocycles. The minimum Gasteiger partial charge on any atom is -0.468 e. The standard InChI is InChI=1S/C34H56N4O10/c1-21(39)46-28(30(42)35-19-26(40)45-7)23-16-14-12-10-8-9-11-13-15-17-24(37-32(44)48-33(2,3)4)31(43)38-20-25-22(18-34(5,6)47-25)27(38)29(41)36-23/h22-25,27-28H,8-20H2,1-7H3,(H,35,42)(H,36,41)(H,37,44)/t22-,23-,24-,25-,27-,28?/m0/s1. The largest absolute Gasteiger partial charge is 0.468 e. The molecule has 0 spiro atoms. The van der Waals surface area contributed by atoms with Crippen molar-refractivity contribution in [1.82, 2.24) is 20.9 Å². The van der Waals surface area contributed by atoms with Gasteiger partial charge in [0, 0.05) is 19.4 Å². The zero-order valence-corrected chi connectivity index (χ0v) is 29.7. The second-order valence-corrected chi connectivity index (χ2v) is 14.8. The van der Waals surface area contributed by atoms with Crippen LogP contribution in [0.4, 0.5) is 4.79 Å². The van der Waals surface area contributed by atoms with Crippen molar-refractivity contribution in [2.45, 2.75) is 154 Å². The second kappa shape index (κ2) is 17.3. The third kappa shape index (κ3) is 11.6. The van der Waals surface area contributed by atoms with Gasteiger partial charge in [-0.05, 0) is 53.9 Å². The Balaban J connectivity index is 1.98. The van der Waals surface area contributed by atoms with E-state index in [0.29, 0.717) is 32.1 Å². The van der Waals surface area contributed by atoms with Gasteiger partial charge in [0.15, 0.2) is 6.10 Å². The van der Waals surface area contributed by atoms with Crippen LogP contribution in [0.25, 0.3) is 0 Å². The molecular weight excluding hydrogens is 624 g/mol. The number of esters is 2. The molecule has 3 N–H and O–H groups in total. The number of fused-ring (bicyclic) bond motifs is 3. The van der Waals surface area contributed by atoms with E-state index in [2.05, 4.69) is 20.7 Å². The summed E-state index contributed by atoms with van der Waals surface area (Å²) in [5, 5.41) is 8.17. The van der Waals surface area contributed by atoms with Gasteiger partial charge in [0.05, 0.1) is 24.9 Å². The Bertz CT molecular complexity index is 1170. The zero-order chi connectivity index (χ0) is 35.6. The second-order valence-electron chi connectivity index (χ2n) is 14.8. The topological polar surface area (TPSA) is 179 Å². The van der Waals surface area contributed by atoms with Crippen LogP contribution in [0.2, 0.25) is 0 Å². The fourth-order valence-electron chi connectivity index (χ4n) is 6.91. The molecule has 0 saturated carbocycles. The summed E-state index contributed by atoms with van der Waals surface area (Å²) in [7, 11) is 1.19. The van der Waals surface area contributed by atoms with Gasteiger partial charge in [-0.3, -0.25) is 24.0 Å². The van der Waals surface area contributed by atoms with Gasteiger partial charge < -0.3 is 39.8 Å². The lowest BCUT2D eigenvalue weighted by Crippen LogP contribution is -2.59. The Morgan fingerprint density at radius 3 is 2.19 bits per heavy atom. The van der Waals surface area contributed by atoms with Crippen LogP contribution in [0.3, 0.4) is 0 Å². The smallest absolute Gasteiger partial charge is 0.408 e. The average molecular weight is 681 g/mol. The predicted molar refractivity (Wildman–Crippen MR) is 174 cm³/mol. The van der Waals surface area contributed by atoms with Crippen molar-refractivity contribution in [2.24, 2.45) is 5.92 Å². The van der Waals surface area contributed by atoms with E-state index in [-0.39, 0.29) is 12.5 Å². The van der Waals surface area contributed by atoms with Crippen molar-refractivity contribution in [3.05, 3.63) is 0 Å². The molecule has 3 heterocycles. The van der Waals surface area contributed by atoms with Crippen molar-refractivity contribution < 1.29 is 47.7 Å². The summed E-state index contributed by atoms with van der Waals surface area (Å²) in [4.78, 5) is 80.3. The van der Waals surface area contributed by atoms with Gasteiger partial charge >= 0.3 is 18.0 Å². The molecule has 0 radical (unpaired) electrons. The van der Waals surface area contributed by atoms with E-state index in [1.165, 1.54) is 18.9 Å². The van der Waals surface area contributed by atoms with E-state index in [0.717, 1.165) is 38.5 Å². The first-order valence-electron chi connectivity index (χ1n) is 17.3. The Labute approximate surface area is 284 Å². The highest BCUT2D eigenvalue weighted by Gasteiger charge is 2.56. The molecule has 3 aliphatic heterocycles. The van der Waals surface area contributed by atoms with Crippen LogP contribution in [0.5, 0.6) is 0 Å². The Kier molecular flexibility index (Phi) is 14.1. The first-order chi connectivity index (χ1) is 22.5. The first-order valence-corrected chi connectivity index (χ1v) is 17.3. The Morgan fingerprint density at radius 2 is 1.60 bits per heavy atom. The SMILES string of the molecule is COC(=O)CNC(=O)C(OC(C)=O)[C@@H]1CCCCCCCCCC[C@H](NC(=O)OC(C)(C)C)C(=O)N2C[C@@H]3OC(C)(C)C[C@@H]3[C@H]2C(=O)N1. The van der Waals surface area contributed by atoms with E-state index < -0.39 is 83.8 Å². The number of hydrogen-bond donors (Lipinski definition) is 3. The Morgan fingerprint density at radius 1 is 1.00 bits per heavy atom. The van der Waals surface area contributed by atoms with Gasteiger partial charge in [-0.2, -0.15) is 0 Å². The number of amides is 4.